The number of ether oxygens (including phenoxy) is 1. The van der Waals surface area contributed by atoms with Gasteiger partial charge in [-0.3, -0.25) is 9.59 Å². The number of hydrogen-bond acceptors (Lipinski definition) is 3. The van der Waals surface area contributed by atoms with Crippen molar-refractivity contribution in [3.05, 3.63) is 34.3 Å². The number of nitrogens with one attached hydrogen (secondary N) is 1. The molecule has 120 valence electrons. The van der Waals surface area contributed by atoms with E-state index in [9.17, 15) is 9.59 Å². The minimum Gasteiger partial charge on any atom is -0.493 e. The predicted molar refractivity (Wildman–Crippen MR) is 88.8 cm³/mol. The summed E-state index contributed by atoms with van der Waals surface area (Å²) in [6.07, 6.45) is 4.47. The van der Waals surface area contributed by atoms with Crippen LogP contribution in [-0.4, -0.2) is 30.1 Å². The lowest BCUT2D eigenvalue weighted by atomic mass is 10.2. The molecule has 1 aromatic carbocycles. The van der Waals surface area contributed by atoms with E-state index in [4.69, 9.17) is 9.84 Å². The first-order valence-electron chi connectivity index (χ1n) is 7.13. The molecule has 1 amide bonds. The Morgan fingerprint density at radius 1 is 1.41 bits per heavy atom. The van der Waals surface area contributed by atoms with Gasteiger partial charge in [0.25, 0.3) is 0 Å². The second-order valence-electron chi connectivity index (χ2n) is 4.65. The molecule has 1 aromatic rings. The summed E-state index contributed by atoms with van der Waals surface area (Å²) < 4.78 is 6.53. The molecule has 0 bridgehead atoms. The molecular formula is C16H20BrNO4. The van der Waals surface area contributed by atoms with Gasteiger partial charge < -0.3 is 15.2 Å². The van der Waals surface area contributed by atoms with Crippen molar-refractivity contribution >= 4 is 33.9 Å². The van der Waals surface area contributed by atoms with Gasteiger partial charge in [0.1, 0.15) is 5.75 Å². The average Bonchev–Trinajstić information content (AvgIpc) is 2.48. The van der Waals surface area contributed by atoms with Crippen LogP contribution in [0.3, 0.4) is 0 Å². The van der Waals surface area contributed by atoms with Gasteiger partial charge in [-0.25, -0.2) is 0 Å². The summed E-state index contributed by atoms with van der Waals surface area (Å²) in [5.41, 5.74) is 0.809. The standard InChI is InChI=1S/C16H20BrNO4/c1-2-10-22-14-7-6-13(17)11-12(14)5-8-15(19)18-9-3-4-16(20)21/h5-8,11H,2-4,9-10H2,1H3,(H,18,19)(H,20,21)/b8-5+. The molecule has 5 nitrogen and oxygen atoms in total. The number of benzene rings is 1. The summed E-state index contributed by atoms with van der Waals surface area (Å²) in [4.78, 5) is 22.0. The number of carboxylic acids is 1. The Kier molecular flexibility index (Phi) is 8.28. The molecule has 0 atom stereocenters. The highest BCUT2D eigenvalue weighted by Gasteiger charge is 2.03. The second kappa shape index (κ2) is 10.00. The molecule has 0 aromatic heterocycles. The highest BCUT2D eigenvalue weighted by molar-refractivity contribution is 9.10. The SMILES string of the molecule is CCCOc1ccc(Br)cc1/C=C/C(=O)NCCCC(=O)O. The van der Waals surface area contributed by atoms with Gasteiger partial charge >= 0.3 is 5.97 Å². The van der Waals surface area contributed by atoms with Gasteiger partial charge in [-0.15, -0.1) is 0 Å². The monoisotopic (exact) mass is 369 g/mol. The number of aliphatic carboxylic acids is 1. The Morgan fingerprint density at radius 2 is 2.18 bits per heavy atom. The number of carbonyl (C=O) groups is 2. The largest absolute Gasteiger partial charge is 0.493 e. The molecule has 0 fully saturated rings. The summed E-state index contributed by atoms with van der Waals surface area (Å²) in [7, 11) is 0. The van der Waals surface area contributed by atoms with E-state index in [-0.39, 0.29) is 12.3 Å². The Balaban J connectivity index is 2.58. The lowest BCUT2D eigenvalue weighted by Crippen LogP contribution is -2.22. The number of rotatable bonds is 9. The van der Waals surface area contributed by atoms with Crippen LogP contribution in [0.5, 0.6) is 5.75 Å². The van der Waals surface area contributed by atoms with Crippen LogP contribution in [0.15, 0.2) is 28.7 Å². The van der Waals surface area contributed by atoms with Crippen molar-refractivity contribution in [1.29, 1.82) is 0 Å². The first kappa shape index (κ1) is 18.2. The Morgan fingerprint density at radius 3 is 2.86 bits per heavy atom. The van der Waals surface area contributed by atoms with Crippen LogP contribution >= 0.6 is 15.9 Å². The third kappa shape index (κ3) is 7.26. The quantitative estimate of drug-likeness (QED) is 0.517. The van der Waals surface area contributed by atoms with E-state index in [2.05, 4.69) is 21.2 Å². The van der Waals surface area contributed by atoms with Crippen molar-refractivity contribution in [1.82, 2.24) is 5.32 Å². The second-order valence-corrected chi connectivity index (χ2v) is 5.57. The van der Waals surface area contributed by atoms with Gasteiger partial charge in [-0.05, 0) is 37.1 Å². The van der Waals surface area contributed by atoms with E-state index in [1.807, 2.05) is 25.1 Å². The molecule has 0 saturated carbocycles. The van der Waals surface area contributed by atoms with Gasteiger partial charge in [0.05, 0.1) is 6.61 Å². The van der Waals surface area contributed by atoms with Crippen molar-refractivity contribution in [2.45, 2.75) is 26.2 Å². The zero-order chi connectivity index (χ0) is 16.4. The normalized spacial score (nSPS) is 10.6. The van der Waals surface area contributed by atoms with Crippen LogP contribution < -0.4 is 10.1 Å². The Bertz CT molecular complexity index is 543. The molecule has 0 aliphatic carbocycles. The maximum absolute atomic E-state index is 11.7. The molecule has 0 heterocycles. The van der Waals surface area contributed by atoms with E-state index >= 15 is 0 Å². The summed E-state index contributed by atoms with van der Waals surface area (Å²) in [5, 5.41) is 11.2. The topological polar surface area (TPSA) is 75.6 Å². The maximum Gasteiger partial charge on any atom is 0.303 e. The fraction of sp³-hybridized carbons (Fsp3) is 0.375. The maximum atomic E-state index is 11.7. The van der Waals surface area contributed by atoms with Crippen molar-refractivity contribution in [2.24, 2.45) is 0 Å². The number of hydrogen-bond donors (Lipinski definition) is 2. The average molecular weight is 370 g/mol. The van der Waals surface area contributed by atoms with Gasteiger partial charge in [-0.1, -0.05) is 22.9 Å². The smallest absolute Gasteiger partial charge is 0.303 e. The van der Waals surface area contributed by atoms with Crippen LogP contribution in [0, 0.1) is 0 Å². The lowest BCUT2D eigenvalue weighted by Gasteiger charge is -2.08. The van der Waals surface area contributed by atoms with E-state index in [0.29, 0.717) is 19.6 Å². The van der Waals surface area contributed by atoms with Crippen LogP contribution in [0.25, 0.3) is 6.08 Å². The summed E-state index contributed by atoms with van der Waals surface area (Å²) in [6.45, 7) is 2.98. The van der Waals surface area contributed by atoms with Crippen LogP contribution in [0.2, 0.25) is 0 Å². The van der Waals surface area contributed by atoms with E-state index in [0.717, 1.165) is 22.2 Å². The molecule has 0 unspecified atom stereocenters. The molecule has 0 radical (unpaired) electrons. The minimum absolute atomic E-state index is 0.0463. The van der Waals surface area contributed by atoms with Crippen LogP contribution in [0.4, 0.5) is 0 Å². The van der Waals surface area contributed by atoms with Gasteiger partial charge in [0.15, 0.2) is 0 Å². The fourth-order valence-electron chi connectivity index (χ4n) is 1.67. The van der Waals surface area contributed by atoms with Crippen molar-refractivity contribution in [3.63, 3.8) is 0 Å². The molecular weight excluding hydrogens is 350 g/mol. The first-order valence-corrected chi connectivity index (χ1v) is 7.92. The van der Waals surface area contributed by atoms with Crippen LogP contribution in [0.1, 0.15) is 31.7 Å². The Hall–Kier alpha value is -1.82. The summed E-state index contributed by atoms with van der Waals surface area (Å²) in [6, 6.07) is 5.61. The van der Waals surface area contributed by atoms with Crippen LogP contribution in [-0.2, 0) is 9.59 Å². The van der Waals surface area contributed by atoms with E-state index < -0.39 is 5.97 Å². The number of carboxylic acid groups (broad SMARTS) is 1. The molecule has 2 N–H and O–H groups in total. The van der Waals surface area contributed by atoms with Gasteiger partial charge in [0, 0.05) is 29.1 Å². The molecule has 0 aliphatic rings. The molecule has 6 heteroatoms. The number of carbonyl (C=O) groups excluding carboxylic acids is 1. The van der Waals surface area contributed by atoms with Crippen molar-refractivity contribution < 1.29 is 19.4 Å². The van der Waals surface area contributed by atoms with Gasteiger partial charge in [-0.2, -0.15) is 0 Å². The summed E-state index contributed by atoms with van der Waals surface area (Å²) in [5.74, 6) is -0.400. The lowest BCUT2D eigenvalue weighted by molar-refractivity contribution is -0.137. The zero-order valence-electron chi connectivity index (χ0n) is 12.5. The highest BCUT2D eigenvalue weighted by Crippen LogP contribution is 2.24. The number of amides is 1. The summed E-state index contributed by atoms with van der Waals surface area (Å²) >= 11 is 3.39. The Labute approximate surface area is 138 Å². The third-order valence-electron chi connectivity index (χ3n) is 2.71. The highest BCUT2D eigenvalue weighted by atomic mass is 79.9. The first-order chi connectivity index (χ1) is 10.5. The molecule has 1 rings (SSSR count). The van der Waals surface area contributed by atoms with Crippen molar-refractivity contribution in [2.75, 3.05) is 13.2 Å². The zero-order valence-corrected chi connectivity index (χ0v) is 14.1. The van der Waals surface area contributed by atoms with E-state index in [1.165, 1.54) is 6.08 Å². The van der Waals surface area contributed by atoms with Crippen molar-refractivity contribution in [3.8, 4) is 5.75 Å². The molecule has 0 spiro atoms. The minimum atomic E-state index is -0.864. The third-order valence-corrected chi connectivity index (χ3v) is 3.21. The number of halogens is 1. The van der Waals surface area contributed by atoms with Gasteiger partial charge in [0.2, 0.25) is 5.91 Å². The van der Waals surface area contributed by atoms with E-state index in [1.54, 1.807) is 6.08 Å². The fourth-order valence-corrected chi connectivity index (χ4v) is 2.05. The molecule has 0 saturated heterocycles. The molecule has 22 heavy (non-hydrogen) atoms. The molecule has 0 aliphatic heterocycles. The predicted octanol–water partition coefficient (Wildman–Crippen LogP) is 3.23.